The Hall–Kier alpha value is -3.26. The van der Waals surface area contributed by atoms with E-state index in [0.717, 1.165) is 43.4 Å². The van der Waals surface area contributed by atoms with E-state index in [1.165, 1.54) is 24.0 Å². The van der Waals surface area contributed by atoms with E-state index < -0.39 is 0 Å². The SMILES string of the molecule is S=C(NCc1cccnc1)Nc1nc(N2CCCC2)cc(N2Cc3ccccc3C2)n1. The summed E-state index contributed by atoms with van der Waals surface area (Å²) in [5.41, 5.74) is 3.77. The van der Waals surface area contributed by atoms with Crippen LogP contribution in [0.5, 0.6) is 0 Å². The Morgan fingerprint density at radius 2 is 1.65 bits per heavy atom. The van der Waals surface area contributed by atoms with Gasteiger partial charge in [0, 0.05) is 51.2 Å². The highest BCUT2D eigenvalue weighted by Gasteiger charge is 2.23. The van der Waals surface area contributed by atoms with Crippen molar-refractivity contribution in [3.8, 4) is 0 Å². The summed E-state index contributed by atoms with van der Waals surface area (Å²) < 4.78 is 0. The van der Waals surface area contributed by atoms with Crippen LogP contribution in [0, 0.1) is 0 Å². The molecule has 2 aliphatic heterocycles. The lowest BCUT2D eigenvalue weighted by Crippen LogP contribution is -2.30. The first-order valence-electron chi connectivity index (χ1n) is 10.6. The van der Waals surface area contributed by atoms with Gasteiger partial charge in [-0.05, 0) is 47.8 Å². The zero-order valence-corrected chi connectivity index (χ0v) is 18.1. The monoisotopic (exact) mass is 431 g/mol. The fourth-order valence-corrected chi connectivity index (χ4v) is 4.24. The van der Waals surface area contributed by atoms with E-state index in [4.69, 9.17) is 22.2 Å². The molecule has 8 heteroatoms. The number of hydrogen-bond acceptors (Lipinski definition) is 6. The number of pyridine rings is 1. The largest absolute Gasteiger partial charge is 0.358 e. The van der Waals surface area contributed by atoms with Gasteiger partial charge in [-0.25, -0.2) is 0 Å². The van der Waals surface area contributed by atoms with Crippen LogP contribution < -0.4 is 20.4 Å². The molecule has 7 nitrogen and oxygen atoms in total. The summed E-state index contributed by atoms with van der Waals surface area (Å²) in [4.78, 5) is 18.3. The van der Waals surface area contributed by atoms with Gasteiger partial charge in [-0.3, -0.25) is 4.98 Å². The molecule has 2 aliphatic rings. The van der Waals surface area contributed by atoms with E-state index in [0.29, 0.717) is 17.6 Å². The highest BCUT2D eigenvalue weighted by Crippen LogP contribution is 2.30. The molecule has 2 N–H and O–H groups in total. The van der Waals surface area contributed by atoms with E-state index in [-0.39, 0.29) is 0 Å². The number of anilines is 3. The number of aromatic nitrogens is 3. The summed E-state index contributed by atoms with van der Waals surface area (Å²) in [6.45, 7) is 4.37. The molecule has 0 unspecified atom stereocenters. The van der Waals surface area contributed by atoms with Gasteiger partial charge in [0.15, 0.2) is 5.11 Å². The summed E-state index contributed by atoms with van der Waals surface area (Å²) in [6.07, 6.45) is 5.98. The second kappa shape index (κ2) is 8.85. The minimum atomic E-state index is 0.498. The van der Waals surface area contributed by atoms with Crippen LogP contribution >= 0.6 is 12.2 Å². The van der Waals surface area contributed by atoms with Gasteiger partial charge < -0.3 is 20.4 Å². The first-order valence-corrected chi connectivity index (χ1v) is 11.0. The highest BCUT2D eigenvalue weighted by atomic mass is 32.1. The lowest BCUT2D eigenvalue weighted by molar-refractivity contribution is 0.844. The van der Waals surface area contributed by atoms with E-state index in [1.54, 1.807) is 6.20 Å². The molecule has 4 heterocycles. The molecule has 1 fully saturated rings. The third-order valence-corrected chi connectivity index (χ3v) is 5.94. The van der Waals surface area contributed by atoms with Crippen molar-refractivity contribution in [3.63, 3.8) is 0 Å². The second-order valence-electron chi connectivity index (χ2n) is 7.90. The Balaban J connectivity index is 1.34. The van der Waals surface area contributed by atoms with Crippen molar-refractivity contribution in [3.05, 3.63) is 71.5 Å². The smallest absolute Gasteiger partial charge is 0.232 e. The van der Waals surface area contributed by atoms with Crippen molar-refractivity contribution >= 4 is 34.9 Å². The number of nitrogens with one attached hydrogen (secondary N) is 2. The van der Waals surface area contributed by atoms with Crippen molar-refractivity contribution in [2.45, 2.75) is 32.5 Å². The van der Waals surface area contributed by atoms with E-state index in [9.17, 15) is 0 Å². The third-order valence-electron chi connectivity index (χ3n) is 5.70. The van der Waals surface area contributed by atoms with Crippen molar-refractivity contribution < 1.29 is 0 Å². The molecule has 0 spiro atoms. The van der Waals surface area contributed by atoms with Crippen molar-refractivity contribution in [1.29, 1.82) is 0 Å². The van der Waals surface area contributed by atoms with Crippen molar-refractivity contribution in [2.24, 2.45) is 0 Å². The predicted octanol–water partition coefficient (Wildman–Crippen LogP) is 3.48. The fourth-order valence-electron chi connectivity index (χ4n) is 4.07. The average Bonchev–Trinajstić information content (AvgIpc) is 3.48. The van der Waals surface area contributed by atoms with Crippen LogP contribution in [0.4, 0.5) is 17.6 Å². The van der Waals surface area contributed by atoms with Crippen LogP contribution in [0.15, 0.2) is 54.9 Å². The maximum Gasteiger partial charge on any atom is 0.232 e. The molecular weight excluding hydrogens is 406 g/mol. The lowest BCUT2D eigenvalue weighted by atomic mass is 10.1. The van der Waals surface area contributed by atoms with Gasteiger partial charge in [0.05, 0.1) is 0 Å². The molecule has 0 saturated carbocycles. The molecule has 0 bridgehead atoms. The summed E-state index contributed by atoms with van der Waals surface area (Å²) in [5.74, 6) is 2.40. The van der Waals surface area contributed by atoms with Crippen LogP contribution in [-0.2, 0) is 19.6 Å². The van der Waals surface area contributed by atoms with Gasteiger partial charge >= 0.3 is 0 Å². The van der Waals surface area contributed by atoms with E-state index in [2.05, 4.69) is 55.7 Å². The van der Waals surface area contributed by atoms with Gasteiger partial charge in [0.25, 0.3) is 0 Å². The number of hydrogen-bond donors (Lipinski definition) is 2. The van der Waals surface area contributed by atoms with Crippen LogP contribution in [0.25, 0.3) is 0 Å². The zero-order valence-electron chi connectivity index (χ0n) is 17.3. The number of thiocarbonyl (C=S) groups is 1. The molecular formula is C23H25N7S. The predicted molar refractivity (Wildman–Crippen MR) is 127 cm³/mol. The molecule has 0 amide bonds. The Labute approximate surface area is 187 Å². The van der Waals surface area contributed by atoms with Crippen LogP contribution in [0.2, 0.25) is 0 Å². The van der Waals surface area contributed by atoms with Crippen LogP contribution in [0.3, 0.4) is 0 Å². The second-order valence-corrected chi connectivity index (χ2v) is 8.30. The highest BCUT2D eigenvalue weighted by molar-refractivity contribution is 7.80. The summed E-state index contributed by atoms with van der Waals surface area (Å²) in [6, 6.07) is 14.6. The first kappa shape index (κ1) is 19.7. The summed E-state index contributed by atoms with van der Waals surface area (Å²) in [7, 11) is 0. The Bertz CT molecular complexity index is 1040. The summed E-state index contributed by atoms with van der Waals surface area (Å²) in [5, 5.41) is 6.90. The number of fused-ring (bicyclic) bond motifs is 1. The molecule has 158 valence electrons. The van der Waals surface area contributed by atoms with Crippen LogP contribution in [0.1, 0.15) is 29.5 Å². The Morgan fingerprint density at radius 1 is 0.935 bits per heavy atom. The third kappa shape index (κ3) is 4.59. The first-order chi connectivity index (χ1) is 15.2. The average molecular weight is 432 g/mol. The van der Waals surface area contributed by atoms with Gasteiger partial charge in [-0.1, -0.05) is 30.3 Å². The maximum absolute atomic E-state index is 5.50. The molecule has 0 atom stereocenters. The molecule has 0 aliphatic carbocycles. The molecule has 0 radical (unpaired) electrons. The quantitative estimate of drug-likeness (QED) is 0.595. The molecule has 1 aromatic carbocycles. The minimum Gasteiger partial charge on any atom is -0.358 e. The fraction of sp³-hybridized carbons (Fsp3) is 0.304. The normalized spacial score (nSPS) is 15.1. The topological polar surface area (TPSA) is 69.2 Å². The standard InChI is InChI=1S/C23H25N7S/c31-23(25-14-17-6-5-9-24-13-17)28-22-26-20(29-10-3-4-11-29)12-21(27-22)30-15-18-7-1-2-8-19(18)16-30/h1-2,5-9,12-13H,3-4,10-11,14-16H2,(H2,25,26,27,28,31). The molecule has 1 saturated heterocycles. The van der Waals surface area contributed by atoms with E-state index in [1.807, 2.05) is 18.3 Å². The minimum absolute atomic E-state index is 0.498. The molecule has 2 aromatic heterocycles. The molecule has 5 rings (SSSR count). The molecule has 31 heavy (non-hydrogen) atoms. The Kier molecular flexibility index (Phi) is 5.62. The van der Waals surface area contributed by atoms with Crippen molar-refractivity contribution in [1.82, 2.24) is 20.3 Å². The maximum atomic E-state index is 5.50. The van der Waals surface area contributed by atoms with Gasteiger partial charge in [0.1, 0.15) is 11.6 Å². The number of rotatable bonds is 5. The van der Waals surface area contributed by atoms with Gasteiger partial charge in [-0.2, -0.15) is 9.97 Å². The van der Waals surface area contributed by atoms with Crippen LogP contribution in [-0.4, -0.2) is 33.2 Å². The van der Waals surface area contributed by atoms with E-state index >= 15 is 0 Å². The molecule has 3 aromatic rings. The number of nitrogens with zero attached hydrogens (tertiary/aromatic N) is 5. The number of benzene rings is 1. The van der Waals surface area contributed by atoms with Gasteiger partial charge in [0.2, 0.25) is 5.95 Å². The summed E-state index contributed by atoms with van der Waals surface area (Å²) >= 11 is 5.50. The van der Waals surface area contributed by atoms with Gasteiger partial charge in [-0.15, -0.1) is 0 Å². The zero-order chi connectivity index (χ0) is 21.0. The Morgan fingerprint density at radius 3 is 2.32 bits per heavy atom. The lowest BCUT2D eigenvalue weighted by Gasteiger charge is -2.22. The van der Waals surface area contributed by atoms with Crippen molar-refractivity contribution in [2.75, 3.05) is 28.2 Å².